The molecule has 0 aliphatic rings. The van der Waals surface area contributed by atoms with Gasteiger partial charge in [0.1, 0.15) is 6.61 Å². The van der Waals surface area contributed by atoms with Gasteiger partial charge in [0.15, 0.2) is 11.5 Å². The van der Waals surface area contributed by atoms with Crippen molar-refractivity contribution >= 4 is 5.97 Å². The van der Waals surface area contributed by atoms with Crippen molar-refractivity contribution in [3.8, 4) is 17.2 Å². The lowest BCUT2D eigenvalue weighted by molar-refractivity contribution is 0.0471. The number of methoxy groups -OCH3 is 3. The normalized spacial score (nSPS) is 10.1. The van der Waals surface area contributed by atoms with E-state index in [2.05, 4.69) is 0 Å². The second-order valence-electron chi connectivity index (χ2n) is 4.92. The Morgan fingerprint density at radius 1 is 0.957 bits per heavy atom. The molecule has 0 amide bonds. The van der Waals surface area contributed by atoms with E-state index < -0.39 is 5.97 Å². The Hall–Kier alpha value is -2.69. The summed E-state index contributed by atoms with van der Waals surface area (Å²) in [6.07, 6.45) is 0. The van der Waals surface area contributed by atoms with Crippen LogP contribution >= 0.6 is 0 Å². The molecule has 0 N–H and O–H groups in total. The van der Waals surface area contributed by atoms with Gasteiger partial charge in [0.2, 0.25) is 5.75 Å². The summed E-state index contributed by atoms with van der Waals surface area (Å²) in [7, 11) is 4.51. The first-order chi connectivity index (χ1) is 11.1. The summed E-state index contributed by atoms with van der Waals surface area (Å²) in [4.78, 5) is 12.3. The van der Waals surface area contributed by atoms with E-state index in [-0.39, 0.29) is 6.61 Å². The highest BCUT2D eigenvalue weighted by atomic mass is 16.5. The number of ether oxygens (including phenoxy) is 4. The molecule has 0 atom stereocenters. The van der Waals surface area contributed by atoms with Gasteiger partial charge in [0.05, 0.1) is 26.9 Å². The van der Waals surface area contributed by atoms with Crippen molar-refractivity contribution in [3.05, 3.63) is 53.1 Å². The maximum absolute atomic E-state index is 12.3. The molecule has 2 rings (SSSR count). The summed E-state index contributed by atoms with van der Waals surface area (Å²) in [5, 5.41) is 0. The Labute approximate surface area is 135 Å². The molecule has 0 aliphatic carbocycles. The van der Waals surface area contributed by atoms with Crippen LogP contribution in [0.15, 0.2) is 36.4 Å². The minimum atomic E-state index is -0.451. The number of carbonyl (C=O) groups is 1. The molecule has 0 fully saturated rings. The fraction of sp³-hybridized carbons (Fsp3) is 0.278. The van der Waals surface area contributed by atoms with Crippen molar-refractivity contribution in [2.45, 2.75) is 13.5 Å². The van der Waals surface area contributed by atoms with E-state index in [0.717, 1.165) is 11.1 Å². The maximum Gasteiger partial charge on any atom is 0.338 e. The predicted molar refractivity (Wildman–Crippen MR) is 86.4 cm³/mol. The standard InChI is InChI=1S/C18H20O5/c1-12-7-5-6-8-13(12)11-23-18(19)14-9-15(20-2)17(22-4)16(10-14)21-3/h5-10H,11H2,1-4H3. The Kier molecular flexibility index (Phi) is 5.46. The third-order valence-corrected chi connectivity index (χ3v) is 3.52. The third-order valence-electron chi connectivity index (χ3n) is 3.52. The number of hydrogen-bond acceptors (Lipinski definition) is 5. The minimum Gasteiger partial charge on any atom is -0.493 e. The van der Waals surface area contributed by atoms with E-state index in [1.165, 1.54) is 21.3 Å². The van der Waals surface area contributed by atoms with Crippen LogP contribution in [0.1, 0.15) is 21.5 Å². The van der Waals surface area contributed by atoms with Gasteiger partial charge in [-0.15, -0.1) is 0 Å². The highest BCUT2D eigenvalue weighted by Crippen LogP contribution is 2.38. The van der Waals surface area contributed by atoms with Gasteiger partial charge in [-0.3, -0.25) is 0 Å². The highest BCUT2D eigenvalue weighted by molar-refractivity contribution is 5.91. The lowest BCUT2D eigenvalue weighted by Crippen LogP contribution is -2.07. The molecule has 0 unspecified atom stereocenters. The SMILES string of the molecule is COc1cc(C(=O)OCc2ccccc2C)cc(OC)c1OC. The van der Waals surface area contributed by atoms with Crippen LogP contribution in [-0.2, 0) is 11.3 Å². The smallest absolute Gasteiger partial charge is 0.338 e. The molecule has 5 heteroatoms. The molecule has 2 aromatic carbocycles. The largest absolute Gasteiger partial charge is 0.493 e. The summed E-state index contributed by atoms with van der Waals surface area (Å²) in [5.74, 6) is 0.808. The van der Waals surface area contributed by atoms with E-state index in [4.69, 9.17) is 18.9 Å². The molecule has 0 saturated heterocycles. The van der Waals surface area contributed by atoms with Crippen molar-refractivity contribution in [1.82, 2.24) is 0 Å². The molecule has 0 radical (unpaired) electrons. The lowest BCUT2D eigenvalue weighted by atomic mass is 10.1. The average molecular weight is 316 g/mol. The van der Waals surface area contributed by atoms with Crippen molar-refractivity contribution in [3.63, 3.8) is 0 Å². The first kappa shape index (κ1) is 16.7. The van der Waals surface area contributed by atoms with Crippen molar-refractivity contribution in [1.29, 1.82) is 0 Å². The van der Waals surface area contributed by atoms with Crippen LogP contribution in [0.3, 0.4) is 0 Å². The lowest BCUT2D eigenvalue weighted by Gasteiger charge is -2.14. The fourth-order valence-corrected chi connectivity index (χ4v) is 2.20. The summed E-state index contributed by atoms with van der Waals surface area (Å²) in [6, 6.07) is 10.9. The molecule has 0 bridgehead atoms. The number of benzene rings is 2. The van der Waals surface area contributed by atoms with Gasteiger partial charge >= 0.3 is 5.97 Å². The highest BCUT2D eigenvalue weighted by Gasteiger charge is 2.18. The average Bonchev–Trinajstić information content (AvgIpc) is 2.59. The molecule has 0 spiro atoms. The van der Waals surface area contributed by atoms with Crippen LogP contribution < -0.4 is 14.2 Å². The molecule has 0 aliphatic heterocycles. The molecule has 5 nitrogen and oxygen atoms in total. The van der Waals surface area contributed by atoms with Crippen LogP contribution in [0.25, 0.3) is 0 Å². The third kappa shape index (κ3) is 3.74. The van der Waals surface area contributed by atoms with Gasteiger partial charge in [-0.1, -0.05) is 24.3 Å². The Bertz CT molecular complexity index is 669. The maximum atomic E-state index is 12.3. The molecule has 0 aromatic heterocycles. The quantitative estimate of drug-likeness (QED) is 0.765. The first-order valence-electron chi connectivity index (χ1n) is 7.12. The molecule has 0 heterocycles. The van der Waals surface area contributed by atoms with Gasteiger partial charge < -0.3 is 18.9 Å². The topological polar surface area (TPSA) is 54.0 Å². The zero-order valence-electron chi connectivity index (χ0n) is 13.7. The minimum absolute atomic E-state index is 0.210. The summed E-state index contributed by atoms with van der Waals surface area (Å²) in [5.41, 5.74) is 2.38. The second-order valence-corrected chi connectivity index (χ2v) is 4.92. The predicted octanol–water partition coefficient (Wildman–Crippen LogP) is 3.38. The van der Waals surface area contributed by atoms with Gasteiger partial charge in [0.25, 0.3) is 0 Å². The number of esters is 1. The van der Waals surface area contributed by atoms with Crippen molar-refractivity contribution < 1.29 is 23.7 Å². The van der Waals surface area contributed by atoms with Crippen LogP contribution in [0.2, 0.25) is 0 Å². The number of carbonyl (C=O) groups excluding carboxylic acids is 1. The van der Waals surface area contributed by atoms with Crippen molar-refractivity contribution in [2.24, 2.45) is 0 Å². The Morgan fingerprint density at radius 2 is 1.57 bits per heavy atom. The van der Waals surface area contributed by atoms with Crippen molar-refractivity contribution in [2.75, 3.05) is 21.3 Å². The van der Waals surface area contributed by atoms with Gasteiger partial charge in [-0.25, -0.2) is 4.79 Å². The van der Waals surface area contributed by atoms with Gasteiger partial charge in [0, 0.05) is 0 Å². The zero-order chi connectivity index (χ0) is 16.8. The van der Waals surface area contributed by atoms with Gasteiger partial charge in [-0.05, 0) is 30.2 Å². The van der Waals surface area contributed by atoms with Crippen LogP contribution in [0.4, 0.5) is 0 Å². The summed E-state index contributed by atoms with van der Waals surface area (Å²) >= 11 is 0. The van der Waals surface area contributed by atoms with Gasteiger partial charge in [-0.2, -0.15) is 0 Å². The van der Waals surface area contributed by atoms with Crippen LogP contribution in [0.5, 0.6) is 17.2 Å². The molecule has 122 valence electrons. The van der Waals surface area contributed by atoms with E-state index in [1.807, 2.05) is 31.2 Å². The fourth-order valence-electron chi connectivity index (χ4n) is 2.20. The molecule has 23 heavy (non-hydrogen) atoms. The van der Waals surface area contributed by atoms with E-state index >= 15 is 0 Å². The molecular weight excluding hydrogens is 296 g/mol. The number of hydrogen-bond donors (Lipinski definition) is 0. The number of aryl methyl sites for hydroxylation is 1. The molecule has 0 saturated carbocycles. The zero-order valence-corrected chi connectivity index (χ0v) is 13.7. The summed E-state index contributed by atoms with van der Waals surface area (Å²) in [6.45, 7) is 2.19. The summed E-state index contributed by atoms with van der Waals surface area (Å²) < 4.78 is 21.1. The Morgan fingerprint density at radius 3 is 2.09 bits per heavy atom. The van der Waals surface area contributed by atoms with Crippen LogP contribution in [0, 0.1) is 6.92 Å². The Balaban J connectivity index is 2.20. The second kappa shape index (κ2) is 7.54. The van der Waals surface area contributed by atoms with E-state index in [1.54, 1.807) is 12.1 Å². The monoisotopic (exact) mass is 316 g/mol. The van der Waals surface area contributed by atoms with Crippen LogP contribution in [-0.4, -0.2) is 27.3 Å². The van der Waals surface area contributed by atoms with E-state index in [0.29, 0.717) is 22.8 Å². The first-order valence-corrected chi connectivity index (χ1v) is 7.12. The number of rotatable bonds is 6. The van der Waals surface area contributed by atoms with E-state index in [9.17, 15) is 4.79 Å². The molecule has 2 aromatic rings. The molecular formula is C18H20O5.